The molecule has 100 valence electrons. The summed E-state index contributed by atoms with van der Waals surface area (Å²) in [4.78, 5) is 0. The van der Waals surface area contributed by atoms with Gasteiger partial charge in [-0.05, 0) is 49.8 Å². The lowest BCUT2D eigenvalue weighted by atomic mass is 9.99. The molecule has 0 saturated carbocycles. The van der Waals surface area contributed by atoms with Gasteiger partial charge in [0.2, 0.25) is 0 Å². The van der Waals surface area contributed by atoms with Gasteiger partial charge in [-0.15, -0.1) is 0 Å². The van der Waals surface area contributed by atoms with Gasteiger partial charge in [-0.3, -0.25) is 0 Å². The third kappa shape index (κ3) is 3.94. The summed E-state index contributed by atoms with van der Waals surface area (Å²) >= 11 is 5.93. The molecule has 2 unspecified atom stereocenters. The Bertz CT molecular complexity index is 391. The number of hydrogen-bond acceptors (Lipinski definition) is 2. The Kier molecular flexibility index (Phi) is 4.98. The van der Waals surface area contributed by atoms with Gasteiger partial charge in [0.05, 0.1) is 12.2 Å². The molecule has 0 aliphatic carbocycles. The first kappa shape index (κ1) is 13.8. The topological polar surface area (TPSA) is 29.5 Å². The van der Waals surface area contributed by atoms with Gasteiger partial charge in [0, 0.05) is 11.6 Å². The lowest BCUT2D eigenvalue weighted by molar-refractivity contribution is -0.0147. The van der Waals surface area contributed by atoms with E-state index in [0.29, 0.717) is 17.9 Å². The lowest BCUT2D eigenvalue weighted by Crippen LogP contribution is -2.25. The van der Waals surface area contributed by atoms with Gasteiger partial charge in [-0.25, -0.2) is 4.39 Å². The minimum Gasteiger partial charge on any atom is -0.393 e. The monoisotopic (exact) mass is 272 g/mol. The SMILES string of the molecule is OC(Cc1ccc(F)cc1Cl)CC1CCCCO1. The molecule has 1 aliphatic heterocycles. The highest BCUT2D eigenvalue weighted by Gasteiger charge is 2.19. The van der Waals surface area contributed by atoms with Crippen molar-refractivity contribution >= 4 is 11.6 Å². The minimum atomic E-state index is -0.490. The van der Waals surface area contributed by atoms with Crippen molar-refractivity contribution in [1.82, 2.24) is 0 Å². The second kappa shape index (κ2) is 6.50. The fourth-order valence-electron chi connectivity index (χ4n) is 2.32. The molecule has 1 aromatic rings. The van der Waals surface area contributed by atoms with Crippen LogP contribution in [-0.4, -0.2) is 23.9 Å². The van der Waals surface area contributed by atoms with E-state index in [1.165, 1.54) is 12.1 Å². The van der Waals surface area contributed by atoms with Crippen LogP contribution in [0.5, 0.6) is 0 Å². The third-order valence-corrected chi connectivity index (χ3v) is 3.63. The van der Waals surface area contributed by atoms with Crippen LogP contribution in [0.25, 0.3) is 0 Å². The van der Waals surface area contributed by atoms with Gasteiger partial charge in [0.25, 0.3) is 0 Å². The maximum absolute atomic E-state index is 12.9. The molecule has 1 aliphatic rings. The highest BCUT2D eigenvalue weighted by molar-refractivity contribution is 6.31. The largest absolute Gasteiger partial charge is 0.393 e. The Hall–Kier alpha value is -0.640. The van der Waals surface area contributed by atoms with E-state index in [9.17, 15) is 9.50 Å². The van der Waals surface area contributed by atoms with Crippen LogP contribution in [0, 0.1) is 5.82 Å². The first-order valence-corrected chi connectivity index (χ1v) is 6.76. The van der Waals surface area contributed by atoms with Crippen LogP contribution >= 0.6 is 11.6 Å². The first-order valence-electron chi connectivity index (χ1n) is 6.39. The Morgan fingerprint density at radius 3 is 2.94 bits per heavy atom. The molecular formula is C14H18ClFO2. The van der Waals surface area contributed by atoms with Gasteiger partial charge < -0.3 is 9.84 Å². The van der Waals surface area contributed by atoms with Crippen molar-refractivity contribution in [3.05, 3.63) is 34.6 Å². The number of ether oxygens (including phenoxy) is 1. The Balaban J connectivity index is 1.87. The van der Waals surface area contributed by atoms with E-state index < -0.39 is 6.10 Å². The summed E-state index contributed by atoms with van der Waals surface area (Å²) in [5, 5.41) is 10.4. The Labute approximate surface area is 112 Å². The van der Waals surface area contributed by atoms with E-state index in [1.807, 2.05) is 0 Å². The summed E-state index contributed by atoms with van der Waals surface area (Å²) < 4.78 is 18.5. The van der Waals surface area contributed by atoms with E-state index in [2.05, 4.69) is 0 Å². The first-order chi connectivity index (χ1) is 8.65. The summed E-state index contributed by atoms with van der Waals surface area (Å²) in [5.41, 5.74) is 0.779. The van der Waals surface area contributed by atoms with Crippen molar-refractivity contribution in [2.45, 2.75) is 44.3 Å². The molecular weight excluding hydrogens is 255 g/mol. The van der Waals surface area contributed by atoms with Crippen molar-refractivity contribution < 1.29 is 14.2 Å². The molecule has 2 nitrogen and oxygen atoms in total. The molecule has 0 spiro atoms. The fourth-order valence-corrected chi connectivity index (χ4v) is 2.57. The second-order valence-electron chi connectivity index (χ2n) is 4.82. The summed E-state index contributed by atoms with van der Waals surface area (Å²) in [5.74, 6) is -0.353. The number of aliphatic hydroxyl groups is 1. The summed E-state index contributed by atoms with van der Waals surface area (Å²) in [7, 11) is 0. The van der Waals surface area contributed by atoms with E-state index in [-0.39, 0.29) is 11.9 Å². The molecule has 1 N–H and O–H groups in total. The van der Waals surface area contributed by atoms with Crippen LogP contribution < -0.4 is 0 Å². The van der Waals surface area contributed by atoms with Crippen molar-refractivity contribution in [3.8, 4) is 0 Å². The minimum absolute atomic E-state index is 0.146. The van der Waals surface area contributed by atoms with Crippen LogP contribution in [0.1, 0.15) is 31.2 Å². The highest BCUT2D eigenvalue weighted by atomic mass is 35.5. The fraction of sp³-hybridized carbons (Fsp3) is 0.571. The normalized spacial score (nSPS) is 21.8. The quantitative estimate of drug-likeness (QED) is 0.911. The van der Waals surface area contributed by atoms with Crippen molar-refractivity contribution in [2.75, 3.05) is 6.61 Å². The zero-order valence-electron chi connectivity index (χ0n) is 10.2. The van der Waals surface area contributed by atoms with Gasteiger partial charge in [-0.1, -0.05) is 17.7 Å². The molecule has 0 aromatic heterocycles. The average Bonchev–Trinajstić information content (AvgIpc) is 2.34. The highest BCUT2D eigenvalue weighted by Crippen LogP contribution is 2.22. The molecule has 1 saturated heterocycles. The zero-order chi connectivity index (χ0) is 13.0. The lowest BCUT2D eigenvalue weighted by Gasteiger charge is -2.24. The summed E-state index contributed by atoms with van der Waals surface area (Å²) in [6.45, 7) is 0.786. The summed E-state index contributed by atoms with van der Waals surface area (Å²) in [6.07, 6.45) is 4.00. The van der Waals surface area contributed by atoms with Gasteiger partial charge in [0.15, 0.2) is 0 Å². The van der Waals surface area contributed by atoms with E-state index in [1.54, 1.807) is 6.07 Å². The van der Waals surface area contributed by atoms with Crippen molar-refractivity contribution in [3.63, 3.8) is 0 Å². The van der Waals surface area contributed by atoms with Crippen LogP contribution in [0.4, 0.5) is 4.39 Å². The number of benzene rings is 1. The second-order valence-corrected chi connectivity index (χ2v) is 5.23. The molecule has 1 aromatic carbocycles. The molecule has 1 fully saturated rings. The number of rotatable bonds is 4. The Morgan fingerprint density at radius 2 is 2.28 bits per heavy atom. The zero-order valence-corrected chi connectivity index (χ0v) is 11.0. The predicted octanol–water partition coefficient (Wildman–Crippen LogP) is 3.34. The maximum atomic E-state index is 12.9. The smallest absolute Gasteiger partial charge is 0.124 e. The molecule has 1 heterocycles. The Morgan fingerprint density at radius 1 is 1.44 bits per heavy atom. The molecule has 2 atom stereocenters. The molecule has 0 bridgehead atoms. The predicted molar refractivity (Wildman–Crippen MR) is 69.3 cm³/mol. The molecule has 2 rings (SSSR count). The van der Waals surface area contributed by atoms with Gasteiger partial charge >= 0.3 is 0 Å². The average molecular weight is 273 g/mol. The molecule has 4 heteroatoms. The molecule has 18 heavy (non-hydrogen) atoms. The summed E-state index contributed by atoms with van der Waals surface area (Å²) in [6, 6.07) is 4.27. The van der Waals surface area contributed by atoms with E-state index >= 15 is 0 Å². The van der Waals surface area contributed by atoms with Crippen molar-refractivity contribution in [1.29, 1.82) is 0 Å². The number of aliphatic hydroxyl groups excluding tert-OH is 1. The van der Waals surface area contributed by atoms with Crippen LogP contribution in [0.3, 0.4) is 0 Å². The van der Waals surface area contributed by atoms with E-state index in [4.69, 9.17) is 16.3 Å². The van der Waals surface area contributed by atoms with Crippen LogP contribution in [0.15, 0.2) is 18.2 Å². The van der Waals surface area contributed by atoms with Crippen molar-refractivity contribution in [2.24, 2.45) is 0 Å². The van der Waals surface area contributed by atoms with Crippen LogP contribution in [0.2, 0.25) is 5.02 Å². The third-order valence-electron chi connectivity index (χ3n) is 3.28. The number of hydrogen-bond donors (Lipinski definition) is 1. The van der Waals surface area contributed by atoms with E-state index in [0.717, 1.165) is 31.4 Å². The maximum Gasteiger partial charge on any atom is 0.124 e. The number of halogens is 2. The molecule has 0 amide bonds. The standard InChI is InChI=1S/C14H18ClFO2/c15-14-8-11(16)5-4-10(14)7-12(17)9-13-3-1-2-6-18-13/h4-5,8,12-13,17H,1-3,6-7,9H2. The van der Waals surface area contributed by atoms with Crippen LogP contribution in [-0.2, 0) is 11.2 Å². The van der Waals surface area contributed by atoms with Gasteiger partial charge in [0.1, 0.15) is 5.82 Å². The molecule has 0 radical (unpaired) electrons. The van der Waals surface area contributed by atoms with Gasteiger partial charge in [-0.2, -0.15) is 0 Å².